The van der Waals surface area contributed by atoms with Crippen molar-refractivity contribution in [3.8, 4) is 0 Å². The normalized spacial score (nSPS) is 11.2. The number of alkyl halides is 3. The standard InChI is InChI=1S/C19H12Cl2F3N3O/c20-12-8-13(21)10-15(9-12)27-18(28)16-5-2-6-25-17(16)26-14-4-1-3-11(7-14)19(22,23)24/h1-10H,(H,25,26)(H,27,28). The summed E-state index contributed by atoms with van der Waals surface area (Å²) in [6.07, 6.45) is -3.06. The van der Waals surface area contributed by atoms with Crippen LogP contribution in [0.5, 0.6) is 0 Å². The van der Waals surface area contributed by atoms with Crippen LogP contribution in [0.1, 0.15) is 15.9 Å². The van der Waals surface area contributed by atoms with Gasteiger partial charge in [-0.15, -0.1) is 0 Å². The molecule has 0 aliphatic heterocycles. The molecule has 2 N–H and O–H groups in total. The Morgan fingerprint density at radius 3 is 2.32 bits per heavy atom. The highest BCUT2D eigenvalue weighted by atomic mass is 35.5. The molecule has 0 unspecified atom stereocenters. The molecule has 0 saturated heterocycles. The summed E-state index contributed by atoms with van der Waals surface area (Å²) < 4.78 is 38.7. The Bertz CT molecular complexity index is 1010. The third kappa shape index (κ3) is 4.94. The van der Waals surface area contributed by atoms with E-state index in [0.717, 1.165) is 12.1 Å². The molecule has 4 nitrogen and oxygen atoms in total. The van der Waals surface area contributed by atoms with Gasteiger partial charge in [0, 0.05) is 27.6 Å². The van der Waals surface area contributed by atoms with Crippen LogP contribution in [0.3, 0.4) is 0 Å². The molecular formula is C19H12Cl2F3N3O. The zero-order valence-corrected chi connectivity index (χ0v) is 15.5. The minimum atomic E-state index is -4.48. The lowest BCUT2D eigenvalue weighted by Crippen LogP contribution is -2.15. The van der Waals surface area contributed by atoms with E-state index in [1.807, 2.05) is 0 Å². The summed E-state index contributed by atoms with van der Waals surface area (Å²) >= 11 is 11.8. The van der Waals surface area contributed by atoms with Crippen molar-refractivity contribution >= 4 is 46.3 Å². The molecule has 1 aromatic heterocycles. The summed E-state index contributed by atoms with van der Waals surface area (Å²) in [5.41, 5.74) is -0.159. The van der Waals surface area contributed by atoms with Crippen molar-refractivity contribution in [2.24, 2.45) is 0 Å². The second kappa shape index (κ2) is 8.08. The van der Waals surface area contributed by atoms with Crippen LogP contribution in [0.15, 0.2) is 60.8 Å². The summed E-state index contributed by atoms with van der Waals surface area (Å²) in [4.78, 5) is 16.7. The van der Waals surface area contributed by atoms with Crippen LogP contribution in [-0.2, 0) is 6.18 Å². The van der Waals surface area contributed by atoms with Gasteiger partial charge in [-0.2, -0.15) is 13.2 Å². The molecule has 0 fully saturated rings. The Balaban J connectivity index is 1.86. The molecule has 144 valence electrons. The molecule has 0 radical (unpaired) electrons. The predicted octanol–water partition coefficient (Wildman–Crippen LogP) is 6.40. The van der Waals surface area contributed by atoms with Crippen molar-refractivity contribution in [2.75, 3.05) is 10.6 Å². The van der Waals surface area contributed by atoms with E-state index in [-0.39, 0.29) is 17.1 Å². The lowest BCUT2D eigenvalue weighted by molar-refractivity contribution is -0.137. The highest BCUT2D eigenvalue weighted by Gasteiger charge is 2.30. The molecule has 28 heavy (non-hydrogen) atoms. The summed E-state index contributed by atoms with van der Waals surface area (Å²) in [5.74, 6) is -0.423. The zero-order chi connectivity index (χ0) is 20.3. The fourth-order valence-electron chi connectivity index (χ4n) is 2.42. The van der Waals surface area contributed by atoms with E-state index in [1.54, 1.807) is 0 Å². The lowest BCUT2D eigenvalue weighted by atomic mass is 10.1. The molecule has 0 atom stereocenters. The van der Waals surface area contributed by atoms with Gasteiger partial charge < -0.3 is 10.6 Å². The van der Waals surface area contributed by atoms with Gasteiger partial charge in [0.2, 0.25) is 0 Å². The Kier molecular flexibility index (Phi) is 5.76. The van der Waals surface area contributed by atoms with Crippen LogP contribution in [-0.4, -0.2) is 10.9 Å². The molecule has 1 amide bonds. The Labute approximate surface area is 168 Å². The quantitative estimate of drug-likeness (QED) is 0.508. The van der Waals surface area contributed by atoms with Gasteiger partial charge in [0.15, 0.2) is 0 Å². The Hall–Kier alpha value is -2.77. The van der Waals surface area contributed by atoms with Crippen LogP contribution in [0.2, 0.25) is 10.0 Å². The highest BCUT2D eigenvalue weighted by molar-refractivity contribution is 6.35. The average Bonchev–Trinajstić information content (AvgIpc) is 2.61. The summed E-state index contributed by atoms with van der Waals surface area (Å²) in [6, 6.07) is 12.2. The monoisotopic (exact) mass is 425 g/mol. The number of hydrogen-bond donors (Lipinski definition) is 2. The van der Waals surface area contributed by atoms with Crippen LogP contribution < -0.4 is 10.6 Å². The van der Waals surface area contributed by atoms with Gasteiger partial charge in [0.1, 0.15) is 5.82 Å². The number of nitrogens with one attached hydrogen (secondary N) is 2. The third-order valence-electron chi connectivity index (χ3n) is 3.63. The number of aromatic nitrogens is 1. The van der Waals surface area contributed by atoms with Crippen molar-refractivity contribution in [3.05, 3.63) is 82.0 Å². The minimum absolute atomic E-state index is 0.104. The SMILES string of the molecule is O=C(Nc1cc(Cl)cc(Cl)c1)c1cccnc1Nc1cccc(C(F)(F)F)c1. The van der Waals surface area contributed by atoms with E-state index in [1.165, 1.54) is 48.7 Å². The number of amides is 1. The second-order valence-corrected chi connectivity index (χ2v) is 6.59. The number of rotatable bonds is 4. The first-order valence-electron chi connectivity index (χ1n) is 7.89. The van der Waals surface area contributed by atoms with Gasteiger partial charge in [-0.05, 0) is 48.5 Å². The van der Waals surface area contributed by atoms with Crippen molar-refractivity contribution < 1.29 is 18.0 Å². The van der Waals surface area contributed by atoms with E-state index < -0.39 is 17.6 Å². The van der Waals surface area contributed by atoms with Crippen LogP contribution in [0.25, 0.3) is 0 Å². The number of benzene rings is 2. The van der Waals surface area contributed by atoms with Crippen LogP contribution >= 0.6 is 23.2 Å². The Morgan fingerprint density at radius 2 is 1.64 bits per heavy atom. The van der Waals surface area contributed by atoms with E-state index >= 15 is 0 Å². The molecular weight excluding hydrogens is 414 g/mol. The number of anilines is 3. The molecule has 0 bridgehead atoms. The number of carbonyl (C=O) groups is 1. The van der Waals surface area contributed by atoms with Crippen molar-refractivity contribution in [3.63, 3.8) is 0 Å². The first-order valence-corrected chi connectivity index (χ1v) is 8.65. The third-order valence-corrected chi connectivity index (χ3v) is 4.06. The van der Waals surface area contributed by atoms with Gasteiger partial charge in [-0.1, -0.05) is 29.3 Å². The number of nitrogens with zero attached hydrogens (tertiary/aromatic N) is 1. The van der Waals surface area contributed by atoms with Crippen molar-refractivity contribution in [1.29, 1.82) is 0 Å². The number of halogens is 5. The summed E-state index contributed by atoms with van der Waals surface area (Å²) in [5, 5.41) is 6.07. The molecule has 1 heterocycles. The predicted molar refractivity (Wildman–Crippen MR) is 103 cm³/mol. The molecule has 3 aromatic rings. The topological polar surface area (TPSA) is 54.0 Å². The van der Waals surface area contributed by atoms with Crippen LogP contribution in [0.4, 0.5) is 30.4 Å². The van der Waals surface area contributed by atoms with Gasteiger partial charge >= 0.3 is 6.18 Å². The minimum Gasteiger partial charge on any atom is -0.340 e. The Morgan fingerprint density at radius 1 is 0.929 bits per heavy atom. The van der Waals surface area contributed by atoms with Gasteiger partial charge in [-0.25, -0.2) is 4.98 Å². The lowest BCUT2D eigenvalue weighted by Gasteiger charge is -2.13. The van der Waals surface area contributed by atoms with Gasteiger partial charge in [0.05, 0.1) is 11.1 Å². The first kappa shape index (κ1) is 20.0. The van der Waals surface area contributed by atoms with Crippen molar-refractivity contribution in [1.82, 2.24) is 4.98 Å². The smallest absolute Gasteiger partial charge is 0.340 e. The summed E-state index contributed by atoms with van der Waals surface area (Å²) in [6.45, 7) is 0. The molecule has 9 heteroatoms. The average molecular weight is 426 g/mol. The maximum absolute atomic E-state index is 12.9. The number of carbonyl (C=O) groups excluding carboxylic acids is 1. The second-order valence-electron chi connectivity index (χ2n) is 5.72. The molecule has 0 aliphatic carbocycles. The van der Waals surface area contributed by atoms with E-state index in [2.05, 4.69) is 15.6 Å². The molecule has 0 saturated carbocycles. The largest absolute Gasteiger partial charge is 0.416 e. The molecule has 0 spiro atoms. The van der Waals surface area contributed by atoms with E-state index in [4.69, 9.17) is 23.2 Å². The van der Waals surface area contributed by atoms with Gasteiger partial charge in [0.25, 0.3) is 5.91 Å². The number of pyridine rings is 1. The fourth-order valence-corrected chi connectivity index (χ4v) is 2.95. The zero-order valence-electron chi connectivity index (χ0n) is 14.0. The molecule has 2 aromatic carbocycles. The highest BCUT2D eigenvalue weighted by Crippen LogP contribution is 2.31. The summed E-state index contributed by atoms with van der Waals surface area (Å²) in [7, 11) is 0. The van der Waals surface area contributed by atoms with Crippen molar-refractivity contribution in [2.45, 2.75) is 6.18 Å². The first-order chi connectivity index (χ1) is 13.2. The van der Waals surface area contributed by atoms with Crippen LogP contribution in [0, 0.1) is 0 Å². The number of hydrogen-bond acceptors (Lipinski definition) is 3. The fraction of sp³-hybridized carbons (Fsp3) is 0.0526. The maximum atomic E-state index is 12.9. The molecule has 3 rings (SSSR count). The molecule has 0 aliphatic rings. The maximum Gasteiger partial charge on any atom is 0.416 e. The van der Waals surface area contributed by atoms with E-state index in [0.29, 0.717) is 15.7 Å². The van der Waals surface area contributed by atoms with E-state index in [9.17, 15) is 18.0 Å². The van der Waals surface area contributed by atoms with Gasteiger partial charge in [-0.3, -0.25) is 4.79 Å².